The highest BCUT2D eigenvalue weighted by molar-refractivity contribution is 5.94. The molecule has 0 aliphatic carbocycles. The van der Waals surface area contributed by atoms with Gasteiger partial charge in [-0.05, 0) is 58.6 Å². The molecule has 0 N–H and O–H groups in total. The molecule has 5 heteroatoms. The molecule has 5 nitrogen and oxygen atoms in total. The van der Waals surface area contributed by atoms with Crippen molar-refractivity contribution in [3.63, 3.8) is 0 Å². The quantitative estimate of drug-likeness (QED) is 0.842. The third-order valence-corrected chi connectivity index (χ3v) is 5.88. The number of carbonyl (C=O) groups is 1. The van der Waals surface area contributed by atoms with Crippen LogP contribution in [0, 0.1) is 0 Å². The molecule has 1 aromatic heterocycles. The highest BCUT2D eigenvalue weighted by Gasteiger charge is 2.42. The van der Waals surface area contributed by atoms with Gasteiger partial charge in [0, 0.05) is 56.3 Å². The van der Waals surface area contributed by atoms with E-state index in [9.17, 15) is 4.79 Å². The van der Waals surface area contributed by atoms with Gasteiger partial charge < -0.3 is 14.5 Å². The molecule has 1 aromatic rings. The maximum atomic E-state index is 12.9. The van der Waals surface area contributed by atoms with Crippen LogP contribution < -0.4 is 0 Å². The predicted molar refractivity (Wildman–Crippen MR) is 98.6 cm³/mol. The van der Waals surface area contributed by atoms with Gasteiger partial charge >= 0.3 is 0 Å². The van der Waals surface area contributed by atoms with Crippen molar-refractivity contribution in [2.24, 2.45) is 0 Å². The fourth-order valence-corrected chi connectivity index (χ4v) is 4.29. The first-order valence-electron chi connectivity index (χ1n) is 9.63. The lowest BCUT2D eigenvalue weighted by atomic mass is 9.81. The summed E-state index contributed by atoms with van der Waals surface area (Å²) < 4.78 is 6.27. The van der Waals surface area contributed by atoms with Crippen LogP contribution in [0.5, 0.6) is 0 Å². The van der Waals surface area contributed by atoms with Gasteiger partial charge in [0.15, 0.2) is 0 Å². The Bertz CT molecular complexity index is 568. The number of piperidine rings is 1. The molecule has 0 unspecified atom stereocenters. The Balaban J connectivity index is 1.69. The minimum atomic E-state index is -0.0414. The predicted octanol–water partition coefficient (Wildman–Crippen LogP) is 2.97. The van der Waals surface area contributed by atoms with Crippen molar-refractivity contribution in [1.82, 2.24) is 14.8 Å². The molecule has 0 bridgehead atoms. The van der Waals surface area contributed by atoms with Gasteiger partial charge in [-0.3, -0.25) is 9.78 Å². The number of carbonyl (C=O) groups excluding carboxylic acids is 1. The summed E-state index contributed by atoms with van der Waals surface area (Å²) in [4.78, 5) is 21.5. The smallest absolute Gasteiger partial charge is 0.254 e. The molecule has 1 amide bonds. The van der Waals surface area contributed by atoms with Crippen LogP contribution >= 0.6 is 0 Å². The van der Waals surface area contributed by atoms with E-state index in [0.29, 0.717) is 6.04 Å². The number of nitrogens with zero attached hydrogens (tertiary/aromatic N) is 3. The Morgan fingerprint density at radius 3 is 2.64 bits per heavy atom. The number of aromatic nitrogens is 1. The Kier molecular flexibility index (Phi) is 5.74. The minimum Gasteiger partial charge on any atom is -0.375 e. The zero-order valence-electron chi connectivity index (χ0n) is 15.8. The molecule has 3 heterocycles. The molecule has 0 radical (unpaired) electrons. The van der Waals surface area contributed by atoms with Crippen molar-refractivity contribution in [3.05, 3.63) is 30.1 Å². The van der Waals surface area contributed by atoms with Gasteiger partial charge in [0.25, 0.3) is 5.91 Å². The zero-order chi connectivity index (χ0) is 17.9. The van der Waals surface area contributed by atoms with Crippen molar-refractivity contribution < 1.29 is 9.53 Å². The van der Waals surface area contributed by atoms with Gasteiger partial charge in [0.1, 0.15) is 0 Å². The van der Waals surface area contributed by atoms with E-state index in [-0.39, 0.29) is 17.6 Å². The molecule has 25 heavy (non-hydrogen) atoms. The van der Waals surface area contributed by atoms with E-state index in [0.717, 1.165) is 57.5 Å². The van der Waals surface area contributed by atoms with Crippen molar-refractivity contribution >= 4 is 5.91 Å². The number of hydrogen-bond acceptors (Lipinski definition) is 4. The first kappa shape index (κ1) is 18.3. The van der Waals surface area contributed by atoms with Crippen LogP contribution in [-0.4, -0.2) is 64.6 Å². The average Bonchev–Trinajstić information content (AvgIpc) is 2.63. The van der Waals surface area contributed by atoms with Crippen LogP contribution in [0.1, 0.15) is 56.8 Å². The fourth-order valence-electron chi connectivity index (χ4n) is 4.29. The topological polar surface area (TPSA) is 45.7 Å². The maximum absolute atomic E-state index is 12.9. The Hall–Kier alpha value is -1.46. The van der Waals surface area contributed by atoms with Crippen LogP contribution in [-0.2, 0) is 4.74 Å². The summed E-state index contributed by atoms with van der Waals surface area (Å²) in [7, 11) is 0. The van der Waals surface area contributed by atoms with Crippen LogP contribution in [0.15, 0.2) is 24.5 Å². The summed E-state index contributed by atoms with van der Waals surface area (Å²) in [5.74, 6) is 0.117. The fraction of sp³-hybridized carbons (Fsp3) is 0.700. The third kappa shape index (κ3) is 4.04. The zero-order valence-corrected chi connectivity index (χ0v) is 15.8. The maximum Gasteiger partial charge on any atom is 0.254 e. The standard InChI is InChI=1S/C20H31N3O2/c1-4-23(19(24)17-5-10-21-11-6-17)18-7-14-25-20(15-18)8-12-22(13-9-20)16(2)3/h5-6,10-11,16,18H,4,7-9,12-15H2,1-3H3/t18-/m1/s1. The Morgan fingerprint density at radius 2 is 2.04 bits per heavy atom. The van der Waals surface area contributed by atoms with E-state index < -0.39 is 0 Å². The minimum absolute atomic E-state index is 0.0414. The molecule has 0 saturated carbocycles. The Labute approximate surface area is 151 Å². The van der Waals surface area contributed by atoms with Gasteiger partial charge in [-0.15, -0.1) is 0 Å². The molecule has 2 fully saturated rings. The summed E-state index contributed by atoms with van der Waals surface area (Å²) in [5, 5.41) is 0. The number of pyridine rings is 1. The molecule has 2 aliphatic rings. The largest absolute Gasteiger partial charge is 0.375 e. The van der Waals surface area contributed by atoms with Crippen molar-refractivity contribution in [1.29, 1.82) is 0 Å². The first-order chi connectivity index (χ1) is 12.0. The highest BCUT2D eigenvalue weighted by Crippen LogP contribution is 2.37. The van der Waals surface area contributed by atoms with Crippen LogP contribution in [0.3, 0.4) is 0 Å². The van der Waals surface area contributed by atoms with E-state index >= 15 is 0 Å². The number of ether oxygens (including phenoxy) is 1. The second-order valence-corrected chi connectivity index (χ2v) is 7.63. The Morgan fingerprint density at radius 1 is 1.36 bits per heavy atom. The molecule has 2 aliphatic heterocycles. The lowest BCUT2D eigenvalue weighted by Gasteiger charge is -2.49. The SMILES string of the molecule is CCN(C(=O)c1ccncc1)[C@@H]1CCOC2(CCN(C(C)C)CC2)C1. The van der Waals surface area contributed by atoms with E-state index in [2.05, 4.69) is 30.7 Å². The monoisotopic (exact) mass is 345 g/mol. The summed E-state index contributed by atoms with van der Waals surface area (Å²) in [6.45, 7) is 10.3. The van der Waals surface area contributed by atoms with Crippen LogP contribution in [0.2, 0.25) is 0 Å². The van der Waals surface area contributed by atoms with Gasteiger partial charge in [-0.1, -0.05) is 0 Å². The van der Waals surface area contributed by atoms with E-state index in [1.165, 1.54) is 0 Å². The van der Waals surface area contributed by atoms with Crippen LogP contribution in [0.4, 0.5) is 0 Å². The van der Waals surface area contributed by atoms with Gasteiger partial charge in [0.05, 0.1) is 5.60 Å². The van der Waals surface area contributed by atoms with E-state index in [4.69, 9.17) is 4.74 Å². The third-order valence-electron chi connectivity index (χ3n) is 5.88. The second kappa shape index (κ2) is 7.83. The van der Waals surface area contributed by atoms with Crippen LogP contribution in [0.25, 0.3) is 0 Å². The molecular weight excluding hydrogens is 314 g/mol. The lowest BCUT2D eigenvalue weighted by molar-refractivity contribution is -0.131. The van der Waals surface area contributed by atoms with Gasteiger partial charge in [-0.25, -0.2) is 0 Å². The number of amides is 1. The van der Waals surface area contributed by atoms with Crippen molar-refractivity contribution in [3.8, 4) is 0 Å². The molecular formula is C20H31N3O2. The second-order valence-electron chi connectivity index (χ2n) is 7.63. The van der Waals surface area contributed by atoms with Crippen molar-refractivity contribution in [2.45, 2.75) is 64.1 Å². The molecule has 2 saturated heterocycles. The lowest BCUT2D eigenvalue weighted by Crippen LogP contribution is -2.55. The summed E-state index contributed by atoms with van der Waals surface area (Å²) in [6, 6.07) is 4.48. The molecule has 3 rings (SSSR count). The average molecular weight is 345 g/mol. The highest BCUT2D eigenvalue weighted by atomic mass is 16.5. The molecule has 0 aromatic carbocycles. The first-order valence-corrected chi connectivity index (χ1v) is 9.63. The van der Waals surface area contributed by atoms with E-state index in [1.54, 1.807) is 24.5 Å². The molecule has 1 spiro atoms. The molecule has 138 valence electrons. The summed E-state index contributed by atoms with van der Waals surface area (Å²) in [6.07, 6.45) is 7.41. The normalized spacial score (nSPS) is 23.8. The van der Waals surface area contributed by atoms with Crippen molar-refractivity contribution in [2.75, 3.05) is 26.2 Å². The van der Waals surface area contributed by atoms with Gasteiger partial charge in [-0.2, -0.15) is 0 Å². The van der Waals surface area contributed by atoms with Gasteiger partial charge in [0.2, 0.25) is 0 Å². The number of rotatable bonds is 4. The number of likely N-dealkylation sites (tertiary alicyclic amines) is 1. The number of hydrogen-bond donors (Lipinski definition) is 0. The van der Waals surface area contributed by atoms with E-state index in [1.807, 2.05) is 4.90 Å². The summed E-state index contributed by atoms with van der Waals surface area (Å²) >= 11 is 0. The summed E-state index contributed by atoms with van der Waals surface area (Å²) in [5.41, 5.74) is 0.687. The molecule has 1 atom stereocenters.